The third kappa shape index (κ3) is 9.68. The Labute approximate surface area is 265 Å². The summed E-state index contributed by atoms with van der Waals surface area (Å²) < 4.78 is 0. The molecular formula is C40H52S2. The third-order valence-electron chi connectivity index (χ3n) is 8.59. The molecule has 4 rings (SSSR count). The molecule has 4 aromatic rings. The summed E-state index contributed by atoms with van der Waals surface area (Å²) in [6, 6.07) is 23.7. The molecular weight excluding hydrogens is 545 g/mol. The van der Waals surface area contributed by atoms with Gasteiger partial charge in [-0.15, -0.1) is 23.5 Å². The van der Waals surface area contributed by atoms with E-state index in [0.717, 1.165) is 0 Å². The second kappa shape index (κ2) is 17.8. The van der Waals surface area contributed by atoms with Crippen molar-refractivity contribution in [1.29, 1.82) is 0 Å². The number of benzene rings is 4. The van der Waals surface area contributed by atoms with Crippen LogP contribution in [0.1, 0.15) is 113 Å². The first kappa shape index (κ1) is 32.7. The Morgan fingerprint density at radius 3 is 1.26 bits per heavy atom. The average molecular weight is 597 g/mol. The van der Waals surface area contributed by atoms with Gasteiger partial charge in [0.1, 0.15) is 0 Å². The highest BCUT2D eigenvalue weighted by molar-refractivity contribution is 7.99. The molecule has 0 atom stereocenters. The Hall–Kier alpha value is -2.16. The summed E-state index contributed by atoms with van der Waals surface area (Å²) in [5, 5.41) is 5.40. The Morgan fingerprint density at radius 2 is 0.857 bits per heavy atom. The molecule has 0 bridgehead atoms. The van der Waals surface area contributed by atoms with Crippen LogP contribution in [0.15, 0.2) is 70.5 Å². The van der Waals surface area contributed by atoms with E-state index < -0.39 is 0 Å². The van der Waals surface area contributed by atoms with E-state index in [1.807, 2.05) is 23.5 Å². The lowest BCUT2D eigenvalue weighted by Gasteiger charge is -2.11. The van der Waals surface area contributed by atoms with E-state index in [4.69, 9.17) is 0 Å². The van der Waals surface area contributed by atoms with Crippen molar-refractivity contribution < 1.29 is 0 Å². The van der Waals surface area contributed by atoms with Crippen LogP contribution in [0.2, 0.25) is 0 Å². The lowest BCUT2D eigenvalue weighted by Crippen LogP contribution is -1.89. The van der Waals surface area contributed by atoms with E-state index in [-0.39, 0.29) is 0 Å². The van der Waals surface area contributed by atoms with Crippen LogP contribution in [0.4, 0.5) is 0 Å². The van der Waals surface area contributed by atoms with Gasteiger partial charge < -0.3 is 0 Å². The van der Waals surface area contributed by atoms with Crippen LogP contribution in [-0.4, -0.2) is 12.5 Å². The first-order valence-corrected chi connectivity index (χ1v) is 19.0. The fourth-order valence-corrected chi connectivity index (χ4v) is 7.23. The molecule has 0 N–H and O–H groups in total. The minimum absolute atomic E-state index is 1.19. The monoisotopic (exact) mass is 596 g/mol. The lowest BCUT2D eigenvalue weighted by atomic mass is 9.99. The van der Waals surface area contributed by atoms with Gasteiger partial charge in [-0.05, 0) is 106 Å². The van der Waals surface area contributed by atoms with Gasteiger partial charge in [-0.2, -0.15) is 0 Å². The van der Waals surface area contributed by atoms with Gasteiger partial charge in [-0.1, -0.05) is 127 Å². The molecule has 0 heterocycles. The Balaban J connectivity index is 1.46. The van der Waals surface area contributed by atoms with Gasteiger partial charge in [0.25, 0.3) is 0 Å². The molecule has 0 aliphatic carbocycles. The molecule has 0 unspecified atom stereocenters. The van der Waals surface area contributed by atoms with E-state index >= 15 is 0 Å². The minimum Gasteiger partial charge on any atom is -0.129 e. The van der Waals surface area contributed by atoms with Gasteiger partial charge in [0.15, 0.2) is 0 Å². The standard InChI is InChI=1S/C40H52S2/c1-5-7-9-11-13-15-17-31-19-21-33-27-35(39(41-3)29-37(33)25-31)23-24-36-28-34-22-20-32(18-16-14-12-10-8-6-2)26-38(34)30-40(36)42-4/h19-30H,5-18H2,1-4H3. The van der Waals surface area contributed by atoms with Gasteiger partial charge in [0.05, 0.1) is 0 Å². The summed E-state index contributed by atoms with van der Waals surface area (Å²) in [5.74, 6) is 0. The average Bonchev–Trinajstić information content (AvgIpc) is 3.02. The summed E-state index contributed by atoms with van der Waals surface area (Å²) in [6.07, 6.45) is 27.7. The molecule has 2 heteroatoms. The summed E-state index contributed by atoms with van der Waals surface area (Å²) in [7, 11) is 0. The molecule has 0 saturated carbocycles. The fourth-order valence-electron chi connectivity index (χ4n) is 6.01. The number of hydrogen-bond donors (Lipinski definition) is 0. The molecule has 0 spiro atoms. The highest BCUT2D eigenvalue weighted by atomic mass is 32.2. The molecule has 42 heavy (non-hydrogen) atoms. The summed E-state index contributed by atoms with van der Waals surface area (Å²) >= 11 is 3.70. The van der Waals surface area contributed by atoms with E-state index in [9.17, 15) is 0 Å². The minimum atomic E-state index is 1.19. The zero-order chi connectivity index (χ0) is 29.6. The van der Waals surface area contributed by atoms with Crippen molar-refractivity contribution in [2.24, 2.45) is 0 Å². The van der Waals surface area contributed by atoms with Crippen molar-refractivity contribution in [2.75, 3.05) is 12.5 Å². The molecule has 0 saturated heterocycles. The first-order valence-electron chi connectivity index (χ1n) is 16.5. The summed E-state index contributed by atoms with van der Waals surface area (Å²) in [6.45, 7) is 4.58. The lowest BCUT2D eigenvalue weighted by molar-refractivity contribution is 0.607. The summed E-state index contributed by atoms with van der Waals surface area (Å²) in [4.78, 5) is 2.70. The number of hydrogen-bond acceptors (Lipinski definition) is 2. The fraction of sp³-hybridized carbons (Fsp3) is 0.450. The van der Waals surface area contributed by atoms with Crippen LogP contribution in [0, 0.1) is 0 Å². The van der Waals surface area contributed by atoms with Crippen molar-refractivity contribution in [3.63, 3.8) is 0 Å². The van der Waals surface area contributed by atoms with Crippen molar-refractivity contribution in [2.45, 2.75) is 114 Å². The normalized spacial score (nSPS) is 11.8. The number of aryl methyl sites for hydroxylation is 2. The highest BCUT2D eigenvalue weighted by Gasteiger charge is 2.07. The summed E-state index contributed by atoms with van der Waals surface area (Å²) in [5.41, 5.74) is 5.56. The quantitative estimate of drug-likeness (QED) is 0.0636. The highest BCUT2D eigenvalue weighted by Crippen LogP contribution is 2.32. The van der Waals surface area contributed by atoms with E-state index in [0.29, 0.717) is 0 Å². The zero-order valence-corrected chi connectivity index (χ0v) is 28.3. The molecule has 0 amide bonds. The maximum absolute atomic E-state index is 2.42. The molecule has 4 aromatic carbocycles. The Bertz CT molecular complexity index is 1320. The van der Waals surface area contributed by atoms with Crippen molar-refractivity contribution in [1.82, 2.24) is 0 Å². The molecule has 224 valence electrons. The molecule has 0 aromatic heterocycles. The van der Waals surface area contributed by atoms with Crippen molar-refractivity contribution >= 4 is 57.2 Å². The van der Waals surface area contributed by atoms with E-state index in [2.05, 4.69) is 99.2 Å². The number of rotatable bonds is 18. The van der Waals surface area contributed by atoms with Crippen LogP contribution >= 0.6 is 23.5 Å². The van der Waals surface area contributed by atoms with Crippen LogP contribution in [0.25, 0.3) is 33.7 Å². The number of unbranched alkanes of at least 4 members (excludes halogenated alkanes) is 10. The SMILES string of the molecule is CCCCCCCCc1ccc2cc(C=Cc3cc4ccc(CCCCCCCC)cc4cc3SC)c(SC)cc2c1. The first-order chi connectivity index (χ1) is 20.6. The van der Waals surface area contributed by atoms with Gasteiger partial charge in [-0.25, -0.2) is 0 Å². The van der Waals surface area contributed by atoms with Gasteiger partial charge in [0, 0.05) is 9.79 Å². The van der Waals surface area contributed by atoms with Crippen LogP contribution in [-0.2, 0) is 12.8 Å². The Kier molecular flexibility index (Phi) is 13.9. The van der Waals surface area contributed by atoms with Crippen molar-refractivity contribution in [3.05, 3.63) is 82.9 Å². The molecule has 0 nitrogen and oxygen atoms in total. The maximum Gasteiger partial charge on any atom is 0.0148 e. The smallest absolute Gasteiger partial charge is 0.0148 e. The van der Waals surface area contributed by atoms with Crippen LogP contribution in [0.5, 0.6) is 0 Å². The van der Waals surface area contributed by atoms with E-state index in [1.54, 1.807) is 0 Å². The van der Waals surface area contributed by atoms with Crippen molar-refractivity contribution in [3.8, 4) is 0 Å². The predicted octanol–water partition coefficient (Wildman–Crippen LogP) is 13.4. The zero-order valence-electron chi connectivity index (χ0n) is 26.6. The predicted molar refractivity (Wildman–Crippen MR) is 195 cm³/mol. The second-order valence-corrected chi connectivity index (χ2v) is 13.6. The number of fused-ring (bicyclic) bond motifs is 2. The van der Waals surface area contributed by atoms with Gasteiger partial charge >= 0.3 is 0 Å². The van der Waals surface area contributed by atoms with E-state index in [1.165, 1.54) is 143 Å². The third-order valence-corrected chi connectivity index (χ3v) is 10.2. The topological polar surface area (TPSA) is 0 Å². The maximum atomic E-state index is 2.42. The Morgan fingerprint density at radius 1 is 0.452 bits per heavy atom. The molecule has 0 radical (unpaired) electrons. The molecule has 0 aliphatic heterocycles. The van der Waals surface area contributed by atoms with Crippen LogP contribution < -0.4 is 0 Å². The molecule has 0 fully saturated rings. The molecule has 0 aliphatic rings. The van der Waals surface area contributed by atoms with Gasteiger partial charge in [-0.3, -0.25) is 0 Å². The van der Waals surface area contributed by atoms with Crippen LogP contribution in [0.3, 0.4) is 0 Å². The number of thioether (sulfide) groups is 2. The largest absolute Gasteiger partial charge is 0.129 e. The van der Waals surface area contributed by atoms with Gasteiger partial charge in [0.2, 0.25) is 0 Å². The second-order valence-electron chi connectivity index (χ2n) is 11.9.